The van der Waals surface area contributed by atoms with Crippen molar-refractivity contribution < 1.29 is 9.59 Å². The quantitative estimate of drug-likeness (QED) is 0.895. The number of benzene rings is 1. The molecule has 134 valence electrons. The summed E-state index contributed by atoms with van der Waals surface area (Å²) in [5.74, 6) is -0.276. The summed E-state index contributed by atoms with van der Waals surface area (Å²) in [6.07, 6.45) is 4.57. The molecule has 3 rings (SSSR count). The fourth-order valence-electron chi connectivity index (χ4n) is 4.04. The Kier molecular flexibility index (Phi) is 4.69. The van der Waals surface area contributed by atoms with Gasteiger partial charge in [-0.2, -0.15) is 0 Å². The molecule has 0 aromatic heterocycles. The number of fused-ring (bicyclic) bond motifs is 1. The average molecular weight is 341 g/mol. The third kappa shape index (κ3) is 2.97. The first-order chi connectivity index (χ1) is 11.9. The van der Waals surface area contributed by atoms with Gasteiger partial charge in [0.05, 0.1) is 0 Å². The van der Waals surface area contributed by atoms with Gasteiger partial charge in [0.2, 0.25) is 5.91 Å². The smallest absolute Gasteiger partial charge is 0.259 e. The molecule has 2 amide bonds. The fraction of sp³-hybridized carbons (Fsp3) is 0.500. The van der Waals surface area contributed by atoms with Gasteiger partial charge in [0.15, 0.2) is 0 Å². The van der Waals surface area contributed by atoms with Crippen LogP contribution < -0.4 is 5.32 Å². The van der Waals surface area contributed by atoms with Crippen molar-refractivity contribution in [2.24, 2.45) is 0 Å². The van der Waals surface area contributed by atoms with E-state index in [4.69, 9.17) is 0 Å². The summed E-state index contributed by atoms with van der Waals surface area (Å²) < 4.78 is 0. The molecule has 5 nitrogen and oxygen atoms in total. The van der Waals surface area contributed by atoms with Crippen LogP contribution in [-0.4, -0.2) is 53.8 Å². The second-order valence-electron chi connectivity index (χ2n) is 7.39. The van der Waals surface area contributed by atoms with Crippen molar-refractivity contribution in [2.75, 3.05) is 20.6 Å². The molecular formula is C20H27N3O2. The van der Waals surface area contributed by atoms with E-state index in [0.717, 1.165) is 18.4 Å². The molecule has 1 saturated carbocycles. The highest BCUT2D eigenvalue weighted by atomic mass is 16.2. The van der Waals surface area contributed by atoms with Crippen LogP contribution in [-0.2, 0) is 4.79 Å². The molecule has 1 aliphatic carbocycles. The lowest BCUT2D eigenvalue weighted by Crippen LogP contribution is -2.54. The molecule has 0 bridgehead atoms. The van der Waals surface area contributed by atoms with Crippen molar-refractivity contribution >= 4 is 17.5 Å². The van der Waals surface area contributed by atoms with Gasteiger partial charge in [-0.1, -0.05) is 37.6 Å². The predicted octanol–water partition coefficient (Wildman–Crippen LogP) is 2.49. The van der Waals surface area contributed by atoms with E-state index in [1.807, 2.05) is 18.2 Å². The predicted molar refractivity (Wildman–Crippen MR) is 99.0 cm³/mol. The average Bonchev–Trinajstić information content (AvgIpc) is 3.18. The van der Waals surface area contributed by atoms with Crippen LogP contribution in [0.2, 0.25) is 0 Å². The van der Waals surface area contributed by atoms with Crippen LogP contribution in [0.5, 0.6) is 0 Å². The molecule has 0 saturated heterocycles. The Labute approximate surface area is 149 Å². The first-order valence-electron chi connectivity index (χ1n) is 8.94. The Morgan fingerprint density at radius 3 is 2.44 bits per heavy atom. The van der Waals surface area contributed by atoms with Crippen LogP contribution in [0.1, 0.15) is 48.5 Å². The van der Waals surface area contributed by atoms with E-state index in [1.165, 1.54) is 17.7 Å². The Balaban J connectivity index is 1.69. The number of carbonyl (C=O) groups is 2. The van der Waals surface area contributed by atoms with Gasteiger partial charge >= 0.3 is 0 Å². The van der Waals surface area contributed by atoms with Gasteiger partial charge in [-0.05, 0) is 39.9 Å². The number of hydrogen-bond donors (Lipinski definition) is 1. The molecule has 25 heavy (non-hydrogen) atoms. The summed E-state index contributed by atoms with van der Waals surface area (Å²) in [4.78, 5) is 29.1. The monoisotopic (exact) mass is 341 g/mol. The molecule has 1 aliphatic heterocycles. The summed E-state index contributed by atoms with van der Waals surface area (Å²) in [7, 11) is 4.15. The minimum atomic E-state index is -0.576. The first kappa shape index (κ1) is 17.7. The highest BCUT2D eigenvalue weighted by Gasteiger charge is 2.39. The number of nitrogens with zero attached hydrogens (tertiary/aromatic N) is 2. The molecule has 1 atom stereocenters. The molecule has 0 spiro atoms. The number of likely N-dealkylation sites (N-methyl/N-ethyl adjacent to an activating group) is 1. The standard InChI is InChI=1S/C20H27N3O2/c1-14-16-9-5-6-10-17(16)19(25)23(14)15(2)18(24)21-13-20(22(3)4)11-7-8-12-20/h5-6,9-10,15H,1,7-8,11-13H2,2-4H3,(H,21,24). The van der Waals surface area contributed by atoms with Gasteiger partial charge in [-0.25, -0.2) is 0 Å². The Bertz CT molecular complexity index is 670. The Morgan fingerprint density at radius 1 is 1.28 bits per heavy atom. The van der Waals surface area contributed by atoms with Crippen LogP contribution in [0.4, 0.5) is 0 Å². The van der Waals surface area contributed by atoms with E-state index in [9.17, 15) is 9.59 Å². The number of nitrogens with one attached hydrogen (secondary N) is 1. The molecule has 1 aromatic rings. The zero-order valence-electron chi connectivity index (χ0n) is 15.3. The van der Waals surface area contributed by atoms with E-state index < -0.39 is 6.04 Å². The highest BCUT2D eigenvalue weighted by molar-refractivity contribution is 6.10. The highest BCUT2D eigenvalue weighted by Crippen LogP contribution is 2.34. The number of rotatable bonds is 5. The number of amides is 2. The summed E-state index contributed by atoms with van der Waals surface area (Å²) >= 11 is 0. The molecule has 5 heteroatoms. The molecule has 1 unspecified atom stereocenters. The zero-order chi connectivity index (χ0) is 18.2. The van der Waals surface area contributed by atoms with Crippen molar-refractivity contribution in [3.63, 3.8) is 0 Å². The topological polar surface area (TPSA) is 52.7 Å². The van der Waals surface area contributed by atoms with Crippen LogP contribution >= 0.6 is 0 Å². The van der Waals surface area contributed by atoms with E-state index in [0.29, 0.717) is 17.8 Å². The Hall–Kier alpha value is -2.14. The molecule has 1 aromatic carbocycles. The summed E-state index contributed by atoms with van der Waals surface area (Å²) in [5, 5.41) is 3.08. The fourth-order valence-corrected chi connectivity index (χ4v) is 4.04. The van der Waals surface area contributed by atoms with Gasteiger partial charge in [0.1, 0.15) is 6.04 Å². The van der Waals surface area contributed by atoms with Crippen molar-refractivity contribution in [2.45, 2.75) is 44.2 Å². The molecule has 2 aliphatic rings. The van der Waals surface area contributed by atoms with E-state index >= 15 is 0 Å². The second kappa shape index (κ2) is 6.64. The normalized spacial score (nSPS) is 20.1. The van der Waals surface area contributed by atoms with Gasteiger partial charge in [-0.15, -0.1) is 0 Å². The number of carbonyl (C=O) groups excluding carboxylic acids is 2. The summed E-state index contributed by atoms with van der Waals surface area (Å²) in [6, 6.07) is 6.80. The van der Waals surface area contributed by atoms with Gasteiger partial charge in [-0.3, -0.25) is 14.5 Å². The van der Waals surface area contributed by atoms with Gasteiger partial charge in [0, 0.05) is 28.9 Å². The maximum atomic E-state index is 12.7. The van der Waals surface area contributed by atoms with Crippen LogP contribution in [0, 0.1) is 0 Å². The van der Waals surface area contributed by atoms with Crippen LogP contribution in [0.15, 0.2) is 30.8 Å². The summed E-state index contributed by atoms with van der Waals surface area (Å²) in [5.41, 5.74) is 2.07. The largest absolute Gasteiger partial charge is 0.352 e. The van der Waals surface area contributed by atoms with Crippen molar-refractivity contribution in [1.29, 1.82) is 0 Å². The Morgan fingerprint density at radius 2 is 1.88 bits per heavy atom. The van der Waals surface area contributed by atoms with Crippen LogP contribution in [0.25, 0.3) is 5.70 Å². The van der Waals surface area contributed by atoms with E-state index in [1.54, 1.807) is 13.0 Å². The maximum Gasteiger partial charge on any atom is 0.259 e. The minimum Gasteiger partial charge on any atom is -0.352 e. The first-order valence-corrected chi connectivity index (χ1v) is 8.94. The van der Waals surface area contributed by atoms with Crippen molar-refractivity contribution in [3.8, 4) is 0 Å². The van der Waals surface area contributed by atoms with Crippen molar-refractivity contribution in [1.82, 2.24) is 15.1 Å². The molecule has 0 radical (unpaired) electrons. The lowest BCUT2D eigenvalue weighted by molar-refractivity contribution is -0.124. The summed E-state index contributed by atoms with van der Waals surface area (Å²) in [6.45, 7) is 6.41. The minimum absolute atomic E-state index is 0.0321. The zero-order valence-corrected chi connectivity index (χ0v) is 15.3. The lowest BCUT2D eigenvalue weighted by atomic mass is 9.96. The van der Waals surface area contributed by atoms with E-state index in [-0.39, 0.29) is 17.4 Å². The number of hydrogen-bond acceptors (Lipinski definition) is 3. The van der Waals surface area contributed by atoms with Gasteiger partial charge in [0.25, 0.3) is 5.91 Å². The molecule has 1 heterocycles. The lowest BCUT2D eigenvalue weighted by Gasteiger charge is -2.37. The van der Waals surface area contributed by atoms with Crippen LogP contribution in [0.3, 0.4) is 0 Å². The maximum absolute atomic E-state index is 12.7. The molecular weight excluding hydrogens is 314 g/mol. The molecule has 1 fully saturated rings. The third-order valence-corrected chi connectivity index (χ3v) is 5.82. The second-order valence-corrected chi connectivity index (χ2v) is 7.39. The van der Waals surface area contributed by atoms with Gasteiger partial charge < -0.3 is 10.2 Å². The SMILES string of the molecule is C=C1c2ccccc2C(=O)N1C(C)C(=O)NCC1(N(C)C)CCCC1. The van der Waals surface area contributed by atoms with Crippen molar-refractivity contribution in [3.05, 3.63) is 42.0 Å². The van der Waals surface area contributed by atoms with E-state index in [2.05, 4.69) is 30.9 Å². The third-order valence-electron chi connectivity index (χ3n) is 5.82. The molecule has 1 N–H and O–H groups in total.